The predicted octanol–water partition coefficient (Wildman–Crippen LogP) is 5.02. The van der Waals surface area contributed by atoms with E-state index in [0.717, 1.165) is 10.0 Å². The van der Waals surface area contributed by atoms with Crippen LogP contribution >= 0.6 is 39.3 Å². The number of phenols is 1. The van der Waals surface area contributed by atoms with E-state index >= 15 is 0 Å². The summed E-state index contributed by atoms with van der Waals surface area (Å²) in [4.78, 5) is 17.1. The van der Waals surface area contributed by atoms with Crippen molar-refractivity contribution in [2.75, 3.05) is 7.11 Å². The van der Waals surface area contributed by atoms with Gasteiger partial charge in [0.15, 0.2) is 16.7 Å². The van der Waals surface area contributed by atoms with Crippen LogP contribution in [0.4, 0.5) is 5.69 Å². The number of carbonyl (C=O) groups is 1. The number of carbonyl (C=O) groups excluding carboxylic acids is 1. The topological polar surface area (TPSA) is 70.9 Å². The molecule has 0 bridgehead atoms. The van der Waals surface area contributed by atoms with Gasteiger partial charge in [-0.2, -0.15) is 0 Å². The van der Waals surface area contributed by atoms with Crippen molar-refractivity contribution in [1.82, 2.24) is 5.32 Å². The van der Waals surface area contributed by atoms with E-state index in [1.165, 1.54) is 18.9 Å². The summed E-state index contributed by atoms with van der Waals surface area (Å²) in [6, 6.07) is 8.77. The van der Waals surface area contributed by atoms with Gasteiger partial charge in [-0.05, 0) is 54.6 Å². The van der Waals surface area contributed by atoms with E-state index in [0.29, 0.717) is 32.1 Å². The number of nitrogens with zero attached hydrogens (tertiary/aromatic N) is 1. The molecule has 26 heavy (non-hydrogen) atoms. The highest BCUT2D eigenvalue weighted by Crippen LogP contribution is 2.37. The molecule has 134 valence electrons. The molecular formula is C18H14BrClN2O3S. The van der Waals surface area contributed by atoms with E-state index in [-0.39, 0.29) is 11.7 Å². The molecule has 1 heterocycles. The number of phenolic OH excluding ortho intramolecular Hbond substituents is 1. The van der Waals surface area contributed by atoms with Gasteiger partial charge in [-0.15, -0.1) is 0 Å². The minimum atomic E-state index is -0.285. The minimum Gasteiger partial charge on any atom is -0.504 e. The molecule has 3 rings (SSSR count). The molecule has 1 aliphatic rings. The molecule has 2 aromatic rings. The lowest BCUT2D eigenvalue weighted by atomic mass is 10.1. The van der Waals surface area contributed by atoms with Crippen LogP contribution in [-0.4, -0.2) is 23.3 Å². The van der Waals surface area contributed by atoms with Gasteiger partial charge >= 0.3 is 0 Å². The zero-order chi connectivity index (χ0) is 18.8. The average Bonchev–Trinajstić information content (AvgIpc) is 2.94. The SMILES string of the molecule is COc1cc(Br)cc(/C=C2/SC(=Nc3cccc(Cl)c3C)NC2=O)c1O. The third-order valence-corrected chi connectivity index (χ3v) is 5.46. The number of aliphatic imine (C=N–C) groups is 1. The summed E-state index contributed by atoms with van der Waals surface area (Å²) in [5, 5.41) is 14.0. The number of nitrogens with one attached hydrogen (secondary N) is 1. The van der Waals surface area contributed by atoms with E-state index in [9.17, 15) is 9.90 Å². The highest BCUT2D eigenvalue weighted by Gasteiger charge is 2.25. The number of ether oxygens (including phenoxy) is 1. The third-order valence-electron chi connectivity index (χ3n) is 3.69. The van der Waals surface area contributed by atoms with Gasteiger partial charge in [0.25, 0.3) is 5.91 Å². The molecule has 0 aliphatic carbocycles. The monoisotopic (exact) mass is 452 g/mol. The zero-order valence-electron chi connectivity index (χ0n) is 13.8. The summed E-state index contributed by atoms with van der Waals surface area (Å²) < 4.78 is 5.86. The Labute approximate surface area is 168 Å². The van der Waals surface area contributed by atoms with Gasteiger partial charge in [0.2, 0.25) is 0 Å². The highest BCUT2D eigenvalue weighted by atomic mass is 79.9. The third kappa shape index (κ3) is 3.90. The summed E-state index contributed by atoms with van der Waals surface area (Å²) >= 11 is 10.7. The molecule has 0 spiro atoms. The fraction of sp³-hybridized carbons (Fsp3) is 0.111. The summed E-state index contributed by atoms with van der Waals surface area (Å²) in [5.41, 5.74) is 1.99. The Morgan fingerprint density at radius 2 is 2.15 bits per heavy atom. The Morgan fingerprint density at radius 3 is 2.88 bits per heavy atom. The Morgan fingerprint density at radius 1 is 1.38 bits per heavy atom. The van der Waals surface area contributed by atoms with Crippen molar-refractivity contribution in [1.29, 1.82) is 0 Å². The van der Waals surface area contributed by atoms with Crippen LogP contribution in [0.25, 0.3) is 6.08 Å². The number of rotatable bonds is 3. The molecule has 2 aromatic carbocycles. The van der Waals surface area contributed by atoms with Gasteiger partial charge in [0, 0.05) is 15.1 Å². The molecule has 0 radical (unpaired) electrons. The maximum absolute atomic E-state index is 12.3. The molecule has 1 amide bonds. The lowest BCUT2D eigenvalue weighted by molar-refractivity contribution is -0.115. The first-order valence-electron chi connectivity index (χ1n) is 7.50. The number of methoxy groups -OCH3 is 1. The van der Waals surface area contributed by atoms with Crippen LogP contribution in [-0.2, 0) is 4.79 Å². The van der Waals surface area contributed by atoms with E-state index in [1.54, 1.807) is 30.3 Å². The largest absolute Gasteiger partial charge is 0.504 e. The van der Waals surface area contributed by atoms with Crippen LogP contribution in [0.1, 0.15) is 11.1 Å². The number of hydrogen-bond donors (Lipinski definition) is 2. The van der Waals surface area contributed by atoms with Crippen molar-refractivity contribution >= 4 is 62.1 Å². The lowest BCUT2D eigenvalue weighted by Crippen LogP contribution is -2.19. The first-order valence-corrected chi connectivity index (χ1v) is 9.49. The number of benzene rings is 2. The highest BCUT2D eigenvalue weighted by molar-refractivity contribution is 9.10. The van der Waals surface area contributed by atoms with Crippen LogP contribution in [0.2, 0.25) is 5.02 Å². The first kappa shape index (κ1) is 18.8. The van der Waals surface area contributed by atoms with Crippen LogP contribution in [0.3, 0.4) is 0 Å². The van der Waals surface area contributed by atoms with Gasteiger partial charge in [-0.25, -0.2) is 4.99 Å². The number of amides is 1. The average molecular weight is 454 g/mol. The second-order valence-electron chi connectivity index (χ2n) is 5.41. The van der Waals surface area contributed by atoms with Gasteiger partial charge in [0.1, 0.15) is 0 Å². The van der Waals surface area contributed by atoms with Crippen molar-refractivity contribution < 1.29 is 14.6 Å². The van der Waals surface area contributed by atoms with Gasteiger partial charge in [0.05, 0.1) is 17.7 Å². The van der Waals surface area contributed by atoms with Crippen LogP contribution in [0.15, 0.2) is 44.7 Å². The van der Waals surface area contributed by atoms with Crippen LogP contribution in [0.5, 0.6) is 11.5 Å². The Hall–Kier alpha value is -1.96. The molecule has 0 atom stereocenters. The molecule has 0 aromatic heterocycles. The standard InChI is InChI=1S/C18H14BrClN2O3S/c1-9-12(20)4-3-5-13(9)21-18-22-17(24)15(26-18)7-10-6-11(19)8-14(25-2)16(10)23/h3-8,23H,1-2H3,(H,21,22,24)/b15-7+. The molecule has 8 heteroatoms. The molecule has 0 saturated carbocycles. The van der Waals surface area contributed by atoms with E-state index in [4.69, 9.17) is 16.3 Å². The second kappa shape index (κ2) is 7.73. The number of thioether (sulfide) groups is 1. The fourth-order valence-corrected chi connectivity index (χ4v) is 3.76. The fourth-order valence-electron chi connectivity index (χ4n) is 2.31. The molecule has 1 aliphatic heterocycles. The number of aromatic hydroxyl groups is 1. The number of halogens is 2. The van der Waals surface area contributed by atoms with Gasteiger partial charge in [-0.1, -0.05) is 33.6 Å². The molecule has 5 nitrogen and oxygen atoms in total. The molecule has 1 saturated heterocycles. The normalized spacial score (nSPS) is 17.0. The maximum Gasteiger partial charge on any atom is 0.264 e. The Bertz CT molecular complexity index is 960. The molecule has 1 fully saturated rings. The Kier molecular flexibility index (Phi) is 5.60. The number of amidine groups is 1. The van der Waals surface area contributed by atoms with Crippen molar-refractivity contribution in [2.45, 2.75) is 6.92 Å². The smallest absolute Gasteiger partial charge is 0.264 e. The maximum atomic E-state index is 12.3. The van der Waals surface area contributed by atoms with Crippen molar-refractivity contribution in [3.05, 3.63) is 55.9 Å². The van der Waals surface area contributed by atoms with Crippen LogP contribution < -0.4 is 10.1 Å². The number of hydrogen-bond acceptors (Lipinski definition) is 5. The zero-order valence-corrected chi connectivity index (χ0v) is 17.0. The van der Waals surface area contributed by atoms with Crippen molar-refractivity contribution in [3.63, 3.8) is 0 Å². The van der Waals surface area contributed by atoms with Gasteiger partial charge < -0.3 is 15.2 Å². The lowest BCUT2D eigenvalue weighted by Gasteiger charge is -2.07. The molecular weight excluding hydrogens is 440 g/mol. The van der Waals surface area contributed by atoms with E-state index in [2.05, 4.69) is 26.2 Å². The summed E-state index contributed by atoms with van der Waals surface area (Å²) in [6.07, 6.45) is 1.59. The van der Waals surface area contributed by atoms with Crippen molar-refractivity contribution in [3.8, 4) is 11.5 Å². The van der Waals surface area contributed by atoms with Gasteiger partial charge in [-0.3, -0.25) is 4.79 Å². The molecule has 2 N–H and O–H groups in total. The molecule has 0 unspecified atom stereocenters. The predicted molar refractivity (Wildman–Crippen MR) is 109 cm³/mol. The van der Waals surface area contributed by atoms with E-state index in [1.807, 2.05) is 13.0 Å². The second-order valence-corrected chi connectivity index (χ2v) is 7.77. The van der Waals surface area contributed by atoms with Crippen molar-refractivity contribution in [2.24, 2.45) is 4.99 Å². The summed E-state index contributed by atoms with van der Waals surface area (Å²) in [6.45, 7) is 1.87. The quantitative estimate of drug-likeness (QED) is 0.640. The summed E-state index contributed by atoms with van der Waals surface area (Å²) in [7, 11) is 1.47. The summed E-state index contributed by atoms with van der Waals surface area (Å²) in [5.74, 6) is -0.00230. The van der Waals surface area contributed by atoms with E-state index < -0.39 is 0 Å². The first-order chi connectivity index (χ1) is 12.4. The minimum absolute atomic E-state index is 0.0346. The Balaban J connectivity index is 1.93. The van der Waals surface area contributed by atoms with Crippen LogP contribution in [0, 0.1) is 6.92 Å².